The zero-order valence-corrected chi connectivity index (χ0v) is 11.1. The van der Waals surface area contributed by atoms with E-state index in [2.05, 4.69) is 58.4 Å². The van der Waals surface area contributed by atoms with Crippen molar-refractivity contribution in [3.05, 3.63) is 0 Å². The van der Waals surface area contributed by atoms with Crippen molar-refractivity contribution in [1.82, 2.24) is 9.80 Å². The first kappa shape index (κ1) is 13.9. The van der Waals surface area contributed by atoms with Crippen molar-refractivity contribution in [2.75, 3.05) is 26.7 Å². The van der Waals surface area contributed by atoms with Crippen molar-refractivity contribution in [3.63, 3.8) is 0 Å². The molecule has 86 valence electrons. The van der Waals surface area contributed by atoms with Gasteiger partial charge in [0.25, 0.3) is 0 Å². The molecule has 0 aliphatic heterocycles. The molecule has 0 radical (unpaired) electrons. The maximum atomic E-state index is 2.52. The second kappa shape index (κ2) is 5.72. The molecule has 0 aliphatic carbocycles. The second-order valence-corrected chi connectivity index (χ2v) is 4.98. The Labute approximate surface area is 90.3 Å². The third kappa shape index (κ3) is 3.97. The fourth-order valence-electron chi connectivity index (χ4n) is 1.71. The summed E-state index contributed by atoms with van der Waals surface area (Å²) in [6, 6.07) is 0.643. The van der Waals surface area contributed by atoms with Crippen LogP contribution in [-0.2, 0) is 0 Å². The van der Waals surface area contributed by atoms with Gasteiger partial charge in [0.2, 0.25) is 0 Å². The van der Waals surface area contributed by atoms with Crippen LogP contribution in [-0.4, -0.2) is 48.1 Å². The fraction of sp³-hybridized carbons (Fsp3) is 1.00. The van der Waals surface area contributed by atoms with Crippen molar-refractivity contribution >= 4 is 0 Å². The van der Waals surface area contributed by atoms with E-state index in [1.54, 1.807) is 0 Å². The Morgan fingerprint density at radius 1 is 1.07 bits per heavy atom. The zero-order valence-electron chi connectivity index (χ0n) is 11.1. The van der Waals surface area contributed by atoms with Gasteiger partial charge in [-0.25, -0.2) is 0 Å². The lowest BCUT2D eigenvalue weighted by molar-refractivity contribution is 0.0885. The van der Waals surface area contributed by atoms with E-state index in [-0.39, 0.29) is 5.54 Å². The first-order valence-electron chi connectivity index (χ1n) is 5.80. The van der Waals surface area contributed by atoms with Crippen molar-refractivity contribution in [2.24, 2.45) is 0 Å². The van der Waals surface area contributed by atoms with Gasteiger partial charge in [0.1, 0.15) is 0 Å². The highest BCUT2D eigenvalue weighted by Gasteiger charge is 2.25. The van der Waals surface area contributed by atoms with E-state index in [0.29, 0.717) is 6.04 Å². The molecule has 0 bridgehead atoms. The molecule has 0 aromatic rings. The molecule has 0 rings (SSSR count). The number of hydrogen-bond donors (Lipinski definition) is 0. The van der Waals surface area contributed by atoms with Crippen LogP contribution in [0.15, 0.2) is 0 Å². The Kier molecular flexibility index (Phi) is 5.68. The largest absolute Gasteiger partial charge is 0.300 e. The van der Waals surface area contributed by atoms with E-state index in [1.807, 2.05) is 0 Å². The van der Waals surface area contributed by atoms with E-state index >= 15 is 0 Å². The Balaban J connectivity index is 4.31. The van der Waals surface area contributed by atoms with Gasteiger partial charge < -0.3 is 4.90 Å². The molecule has 2 heteroatoms. The monoisotopic (exact) mass is 200 g/mol. The third-order valence-corrected chi connectivity index (χ3v) is 3.23. The van der Waals surface area contributed by atoms with Gasteiger partial charge in [0, 0.05) is 18.1 Å². The summed E-state index contributed by atoms with van der Waals surface area (Å²) in [5.41, 5.74) is 0.273. The first-order valence-corrected chi connectivity index (χ1v) is 5.80. The average molecular weight is 200 g/mol. The summed E-state index contributed by atoms with van der Waals surface area (Å²) in [5.74, 6) is 0. The third-order valence-electron chi connectivity index (χ3n) is 3.23. The van der Waals surface area contributed by atoms with E-state index < -0.39 is 0 Å². The molecule has 0 saturated carbocycles. The summed E-state index contributed by atoms with van der Waals surface area (Å²) in [4.78, 5) is 4.93. The summed E-state index contributed by atoms with van der Waals surface area (Å²) in [6.45, 7) is 17.0. The summed E-state index contributed by atoms with van der Waals surface area (Å²) >= 11 is 0. The van der Waals surface area contributed by atoms with Gasteiger partial charge in [-0.2, -0.15) is 0 Å². The molecule has 0 atom stereocenters. The molecular weight excluding hydrogens is 172 g/mol. The summed E-state index contributed by atoms with van der Waals surface area (Å²) in [6.07, 6.45) is 0. The Bertz CT molecular complexity index is 152. The lowest BCUT2D eigenvalue weighted by Crippen LogP contribution is -2.51. The second-order valence-electron chi connectivity index (χ2n) is 4.98. The summed E-state index contributed by atoms with van der Waals surface area (Å²) < 4.78 is 0. The highest BCUT2D eigenvalue weighted by molar-refractivity contribution is 4.83. The van der Waals surface area contributed by atoms with Crippen LogP contribution in [0.1, 0.15) is 41.5 Å². The van der Waals surface area contributed by atoms with Gasteiger partial charge >= 0.3 is 0 Å². The number of rotatable bonds is 6. The zero-order chi connectivity index (χ0) is 11.4. The highest BCUT2D eigenvalue weighted by atomic mass is 15.2. The molecule has 0 amide bonds. The minimum atomic E-state index is 0.273. The van der Waals surface area contributed by atoms with Gasteiger partial charge in [-0.1, -0.05) is 13.8 Å². The van der Waals surface area contributed by atoms with Gasteiger partial charge in [0.15, 0.2) is 0 Å². The standard InChI is InChI=1S/C12H28N2/c1-8-13(7)12(5,6)10-14(9-2)11(3)4/h11H,8-10H2,1-7H3. The maximum Gasteiger partial charge on any atom is 0.0277 e. The van der Waals surface area contributed by atoms with Crippen LogP contribution in [0.2, 0.25) is 0 Å². The van der Waals surface area contributed by atoms with Crippen LogP contribution in [0.5, 0.6) is 0 Å². The minimum Gasteiger partial charge on any atom is -0.300 e. The van der Waals surface area contributed by atoms with Crippen LogP contribution in [0.3, 0.4) is 0 Å². The minimum absolute atomic E-state index is 0.273. The van der Waals surface area contributed by atoms with Gasteiger partial charge in [-0.3, -0.25) is 4.90 Å². The quantitative estimate of drug-likeness (QED) is 0.650. The normalized spacial score (nSPS) is 13.3. The smallest absolute Gasteiger partial charge is 0.0277 e. The fourth-order valence-corrected chi connectivity index (χ4v) is 1.71. The predicted molar refractivity (Wildman–Crippen MR) is 64.8 cm³/mol. The van der Waals surface area contributed by atoms with Crippen molar-refractivity contribution in [3.8, 4) is 0 Å². The number of likely N-dealkylation sites (N-methyl/N-ethyl adjacent to an activating group) is 2. The molecule has 0 unspecified atom stereocenters. The molecule has 0 aromatic carbocycles. The molecule has 0 fully saturated rings. The first-order chi connectivity index (χ1) is 6.35. The molecule has 0 aromatic heterocycles. The Morgan fingerprint density at radius 2 is 1.57 bits per heavy atom. The summed E-state index contributed by atoms with van der Waals surface area (Å²) in [5, 5.41) is 0. The van der Waals surface area contributed by atoms with E-state index in [1.165, 1.54) is 0 Å². The number of nitrogens with zero attached hydrogens (tertiary/aromatic N) is 2. The van der Waals surface area contributed by atoms with Crippen LogP contribution in [0.25, 0.3) is 0 Å². The highest BCUT2D eigenvalue weighted by Crippen LogP contribution is 2.15. The van der Waals surface area contributed by atoms with Crippen LogP contribution < -0.4 is 0 Å². The average Bonchev–Trinajstić information content (AvgIpc) is 2.12. The van der Waals surface area contributed by atoms with E-state index in [9.17, 15) is 0 Å². The molecular formula is C12H28N2. The van der Waals surface area contributed by atoms with Crippen LogP contribution in [0, 0.1) is 0 Å². The van der Waals surface area contributed by atoms with Crippen molar-refractivity contribution < 1.29 is 0 Å². The molecule has 0 heterocycles. The predicted octanol–water partition coefficient (Wildman–Crippen LogP) is 2.45. The van der Waals surface area contributed by atoms with Crippen molar-refractivity contribution in [1.29, 1.82) is 0 Å². The lowest BCUT2D eigenvalue weighted by Gasteiger charge is -2.40. The molecule has 2 nitrogen and oxygen atoms in total. The number of hydrogen-bond acceptors (Lipinski definition) is 2. The molecule has 0 saturated heterocycles. The maximum absolute atomic E-state index is 2.52. The molecule has 0 spiro atoms. The molecule has 0 aliphatic rings. The Morgan fingerprint density at radius 3 is 1.86 bits per heavy atom. The Hall–Kier alpha value is -0.0800. The summed E-state index contributed by atoms with van der Waals surface area (Å²) in [7, 11) is 2.20. The van der Waals surface area contributed by atoms with Gasteiger partial charge in [-0.15, -0.1) is 0 Å². The molecule has 14 heavy (non-hydrogen) atoms. The lowest BCUT2D eigenvalue weighted by atomic mass is 10.0. The topological polar surface area (TPSA) is 6.48 Å². The van der Waals surface area contributed by atoms with E-state index in [4.69, 9.17) is 0 Å². The van der Waals surface area contributed by atoms with Gasteiger partial charge in [-0.05, 0) is 47.8 Å². The molecule has 0 N–H and O–H groups in total. The van der Waals surface area contributed by atoms with E-state index in [0.717, 1.165) is 19.6 Å². The van der Waals surface area contributed by atoms with Crippen LogP contribution >= 0.6 is 0 Å². The van der Waals surface area contributed by atoms with Gasteiger partial charge in [0.05, 0.1) is 0 Å². The van der Waals surface area contributed by atoms with Crippen LogP contribution in [0.4, 0.5) is 0 Å². The van der Waals surface area contributed by atoms with Crippen molar-refractivity contribution in [2.45, 2.75) is 53.1 Å². The SMILES string of the molecule is CCN(CC(C)(C)N(C)CC)C(C)C.